The van der Waals surface area contributed by atoms with Crippen molar-refractivity contribution in [3.63, 3.8) is 0 Å². The van der Waals surface area contributed by atoms with Crippen molar-refractivity contribution in [1.82, 2.24) is 5.32 Å². The van der Waals surface area contributed by atoms with Gasteiger partial charge in [-0.15, -0.1) is 0 Å². The van der Waals surface area contributed by atoms with E-state index in [2.05, 4.69) is 5.32 Å². The summed E-state index contributed by atoms with van der Waals surface area (Å²) in [5.74, 6) is -0.132. The van der Waals surface area contributed by atoms with Crippen LogP contribution in [0.2, 0.25) is 0 Å². The van der Waals surface area contributed by atoms with Crippen molar-refractivity contribution < 1.29 is 13.7 Å². The van der Waals surface area contributed by atoms with Gasteiger partial charge in [-0.2, -0.15) is 0 Å². The van der Waals surface area contributed by atoms with Crippen LogP contribution in [0.3, 0.4) is 0 Å². The number of carbonyl (C=O) groups is 1. The van der Waals surface area contributed by atoms with Crippen molar-refractivity contribution >= 4 is 16.7 Å². The van der Waals surface area contributed by atoms with E-state index >= 15 is 0 Å². The number of carbonyl (C=O) groups excluding carboxylic acids is 1. The average Bonchev–Trinajstić information content (AvgIpc) is 2.37. The summed E-state index contributed by atoms with van der Waals surface area (Å²) in [6, 6.07) is 0. The molecule has 1 amide bonds. The fourth-order valence-electron chi connectivity index (χ4n) is 2.53. The smallest absolute Gasteiger partial charge is 0.240 e. The van der Waals surface area contributed by atoms with Gasteiger partial charge in [-0.25, -0.2) is 0 Å². The second-order valence-corrected chi connectivity index (χ2v) is 8.00. The lowest BCUT2D eigenvalue weighted by atomic mass is 9.54. The third-order valence-corrected chi connectivity index (χ3v) is 6.01. The van der Waals surface area contributed by atoms with E-state index in [1.54, 1.807) is 6.26 Å². The van der Waals surface area contributed by atoms with Gasteiger partial charge in [0.15, 0.2) is 0 Å². The fraction of sp³-hybridized carbons (Fsp3) is 0.929. The first kappa shape index (κ1) is 17.6. The maximum Gasteiger partial charge on any atom is 0.240 e. The number of rotatable bonds is 7. The minimum absolute atomic E-state index is 0.0327. The molecule has 118 valence electrons. The van der Waals surface area contributed by atoms with Crippen LogP contribution < -0.4 is 11.1 Å². The van der Waals surface area contributed by atoms with E-state index in [0.717, 1.165) is 0 Å². The number of hydrogen-bond donors (Lipinski definition) is 2. The highest BCUT2D eigenvalue weighted by molar-refractivity contribution is 7.84. The maximum atomic E-state index is 12.3. The van der Waals surface area contributed by atoms with E-state index in [-0.39, 0.29) is 22.7 Å². The topological polar surface area (TPSA) is 81.4 Å². The molecule has 0 heterocycles. The Morgan fingerprint density at radius 2 is 2.15 bits per heavy atom. The van der Waals surface area contributed by atoms with Crippen molar-refractivity contribution in [2.75, 3.05) is 19.4 Å². The Balaban J connectivity index is 2.50. The average molecular weight is 304 g/mol. The van der Waals surface area contributed by atoms with E-state index < -0.39 is 16.3 Å². The van der Waals surface area contributed by atoms with Crippen LogP contribution in [0.4, 0.5) is 0 Å². The van der Waals surface area contributed by atoms with Crippen LogP contribution in [0.5, 0.6) is 0 Å². The van der Waals surface area contributed by atoms with E-state index in [4.69, 9.17) is 10.5 Å². The summed E-state index contributed by atoms with van der Waals surface area (Å²) in [7, 11) is -0.860. The standard InChI is InChI=1S/C14H28N2O3S/c1-6-19-11-9-14(15,13(11,3)4)12(17)16-8-7-10(2)20(5)18/h10-11H,6-9,15H2,1-5H3,(H,16,17). The van der Waals surface area contributed by atoms with Crippen LogP contribution in [0.25, 0.3) is 0 Å². The van der Waals surface area contributed by atoms with Crippen LogP contribution in [-0.2, 0) is 20.3 Å². The van der Waals surface area contributed by atoms with Crippen LogP contribution >= 0.6 is 0 Å². The van der Waals surface area contributed by atoms with Gasteiger partial charge in [0.2, 0.25) is 5.91 Å². The van der Waals surface area contributed by atoms with Gasteiger partial charge in [0.1, 0.15) is 5.54 Å². The first-order chi connectivity index (χ1) is 9.16. The summed E-state index contributed by atoms with van der Waals surface area (Å²) < 4.78 is 16.9. The number of hydrogen-bond acceptors (Lipinski definition) is 4. The number of nitrogens with one attached hydrogen (secondary N) is 1. The van der Waals surface area contributed by atoms with Gasteiger partial charge in [0, 0.05) is 47.3 Å². The molecule has 0 bridgehead atoms. The summed E-state index contributed by atoms with van der Waals surface area (Å²) in [6.45, 7) is 8.94. The largest absolute Gasteiger partial charge is 0.378 e. The first-order valence-electron chi connectivity index (χ1n) is 7.17. The minimum atomic E-state index is -0.874. The monoisotopic (exact) mass is 304 g/mol. The highest BCUT2D eigenvalue weighted by Gasteiger charge is 2.62. The lowest BCUT2D eigenvalue weighted by Crippen LogP contribution is -2.75. The second-order valence-electron chi connectivity index (χ2n) is 6.19. The highest BCUT2D eigenvalue weighted by Crippen LogP contribution is 2.49. The van der Waals surface area contributed by atoms with Crippen LogP contribution in [-0.4, -0.2) is 46.4 Å². The quantitative estimate of drug-likeness (QED) is 0.729. The lowest BCUT2D eigenvalue weighted by Gasteiger charge is -2.57. The van der Waals surface area contributed by atoms with Crippen molar-refractivity contribution in [2.45, 2.75) is 57.4 Å². The Morgan fingerprint density at radius 1 is 1.55 bits per heavy atom. The van der Waals surface area contributed by atoms with Crippen LogP contribution in [0, 0.1) is 5.41 Å². The molecule has 1 saturated carbocycles. The third kappa shape index (κ3) is 3.23. The van der Waals surface area contributed by atoms with Crippen molar-refractivity contribution in [2.24, 2.45) is 11.1 Å². The molecule has 0 saturated heterocycles. The molecule has 0 aliphatic heterocycles. The molecule has 4 unspecified atom stereocenters. The van der Waals surface area contributed by atoms with E-state index in [1.807, 2.05) is 27.7 Å². The molecular formula is C14H28N2O3S. The predicted molar refractivity (Wildman–Crippen MR) is 81.9 cm³/mol. The molecule has 1 aliphatic carbocycles. The van der Waals surface area contributed by atoms with Crippen molar-refractivity contribution in [3.05, 3.63) is 0 Å². The maximum absolute atomic E-state index is 12.3. The fourth-order valence-corrected chi connectivity index (χ4v) is 2.98. The summed E-state index contributed by atoms with van der Waals surface area (Å²) in [6.07, 6.45) is 2.96. The third-order valence-electron chi connectivity index (χ3n) is 4.64. The van der Waals surface area contributed by atoms with E-state index in [1.165, 1.54) is 0 Å². The SMILES string of the molecule is CCOC1CC(N)(C(=O)NCCC(C)S(C)=O)C1(C)C. The number of nitrogens with two attached hydrogens (primary N) is 1. The van der Waals surface area contributed by atoms with Gasteiger partial charge in [0.25, 0.3) is 0 Å². The molecule has 0 spiro atoms. The van der Waals surface area contributed by atoms with Gasteiger partial charge in [0.05, 0.1) is 6.10 Å². The lowest BCUT2D eigenvalue weighted by molar-refractivity contribution is -0.170. The Bertz CT molecular complexity index is 387. The Hall–Kier alpha value is -0.460. The van der Waals surface area contributed by atoms with Crippen LogP contribution in [0.1, 0.15) is 40.5 Å². The minimum Gasteiger partial charge on any atom is -0.378 e. The van der Waals surface area contributed by atoms with Gasteiger partial charge in [-0.3, -0.25) is 9.00 Å². The summed E-state index contributed by atoms with van der Waals surface area (Å²) in [5.41, 5.74) is 5.03. The Kier molecular flexibility index (Phi) is 5.75. The van der Waals surface area contributed by atoms with E-state index in [9.17, 15) is 9.00 Å². The molecule has 6 heteroatoms. The van der Waals surface area contributed by atoms with Crippen molar-refractivity contribution in [3.8, 4) is 0 Å². The molecule has 0 radical (unpaired) electrons. The summed E-state index contributed by atoms with van der Waals surface area (Å²) in [4.78, 5) is 12.3. The zero-order valence-corrected chi connectivity index (χ0v) is 14.0. The molecule has 20 heavy (non-hydrogen) atoms. The highest BCUT2D eigenvalue weighted by atomic mass is 32.2. The van der Waals surface area contributed by atoms with Gasteiger partial charge in [-0.05, 0) is 13.3 Å². The number of ether oxygens (including phenoxy) is 1. The molecule has 5 nitrogen and oxygen atoms in total. The summed E-state index contributed by atoms with van der Waals surface area (Å²) in [5, 5.41) is 2.95. The second kappa shape index (κ2) is 6.54. The number of amides is 1. The molecule has 3 N–H and O–H groups in total. The predicted octanol–water partition coefficient (Wildman–Crippen LogP) is 0.792. The molecule has 0 aromatic rings. The molecular weight excluding hydrogens is 276 g/mol. The Morgan fingerprint density at radius 3 is 2.60 bits per heavy atom. The van der Waals surface area contributed by atoms with Gasteiger partial charge >= 0.3 is 0 Å². The van der Waals surface area contributed by atoms with E-state index in [0.29, 0.717) is 26.0 Å². The first-order valence-corrected chi connectivity index (χ1v) is 8.80. The van der Waals surface area contributed by atoms with Gasteiger partial charge < -0.3 is 15.8 Å². The molecule has 0 aromatic carbocycles. The zero-order chi connectivity index (χ0) is 15.6. The Labute approximate surface area is 124 Å². The molecule has 0 aromatic heterocycles. The molecule has 1 fully saturated rings. The molecule has 4 atom stereocenters. The molecule has 1 aliphatic rings. The zero-order valence-electron chi connectivity index (χ0n) is 13.2. The van der Waals surface area contributed by atoms with Gasteiger partial charge in [-0.1, -0.05) is 20.8 Å². The summed E-state index contributed by atoms with van der Waals surface area (Å²) >= 11 is 0. The van der Waals surface area contributed by atoms with Crippen molar-refractivity contribution in [1.29, 1.82) is 0 Å². The van der Waals surface area contributed by atoms with Crippen LogP contribution in [0.15, 0.2) is 0 Å². The molecule has 1 rings (SSSR count). The normalized spacial score (nSPS) is 31.2.